The molecular weight excluding hydrogens is 234 g/mol. The summed E-state index contributed by atoms with van der Waals surface area (Å²) in [5.41, 5.74) is 4.10. The minimum Gasteiger partial charge on any atom is -0.380 e. The number of hydrogen-bond donors (Lipinski definition) is 1. The second-order valence-electron chi connectivity index (χ2n) is 5.43. The molecule has 0 aliphatic carbocycles. The number of nitrogens with one attached hydrogen (secondary N) is 1. The Labute approximate surface area is 118 Å². The van der Waals surface area contributed by atoms with Crippen molar-refractivity contribution in [3.8, 4) is 0 Å². The zero-order valence-electron chi connectivity index (χ0n) is 13.0. The number of ether oxygens (including phenoxy) is 1. The van der Waals surface area contributed by atoms with E-state index < -0.39 is 0 Å². The Morgan fingerprint density at radius 2 is 1.74 bits per heavy atom. The Morgan fingerprint density at radius 3 is 2.32 bits per heavy atom. The van der Waals surface area contributed by atoms with E-state index in [0.29, 0.717) is 6.04 Å². The van der Waals surface area contributed by atoms with E-state index in [1.54, 1.807) is 0 Å². The summed E-state index contributed by atoms with van der Waals surface area (Å²) in [6, 6.07) is 7.22. The molecule has 0 amide bonds. The predicted molar refractivity (Wildman–Crippen MR) is 82.8 cm³/mol. The highest BCUT2D eigenvalue weighted by molar-refractivity contribution is 5.29. The van der Waals surface area contributed by atoms with Crippen molar-refractivity contribution in [3.63, 3.8) is 0 Å². The molecule has 19 heavy (non-hydrogen) atoms. The molecule has 0 fully saturated rings. The predicted octanol–water partition coefficient (Wildman–Crippen LogP) is 3.64. The minimum atomic E-state index is 0.424. The number of rotatable bonds is 9. The van der Waals surface area contributed by atoms with Crippen LogP contribution in [-0.4, -0.2) is 25.8 Å². The minimum absolute atomic E-state index is 0.424. The number of hydrogen-bond acceptors (Lipinski definition) is 2. The SMILES string of the molecule is CCCNC(COCCC)Cc1cc(C)cc(C)c1. The summed E-state index contributed by atoms with van der Waals surface area (Å²) in [4.78, 5) is 0. The van der Waals surface area contributed by atoms with Gasteiger partial charge in [0.1, 0.15) is 0 Å². The van der Waals surface area contributed by atoms with Crippen molar-refractivity contribution in [2.45, 2.75) is 53.0 Å². The van der Waals surface area contributed by atoms with Gasteiger partial charge in [-0.2, -0.15) is 0 Å². The molecule has 2 nitrogen and oxygen atoms in total. The monoisotopic (exact) mass is 263 g/mol. The molecule has 1 N–H and O–H groups in total. The average molecular weight is 263 g/mol. The van der Waals surface area contributed by atoms with Crippen LogP contribution < -0.4 is 5.32 Å². The van der Waals surface area contributed by atoms with Crippen LogP contribution in [0.2, 0.25) is 0 Å². The number of benzene rings is 1. The molecule has 2 heteroatoms. The Balaban J connectivity index is 2.58. The molecule has 1 aromatic carbocycles. The van der Waals surface area contributed by atoms with Crippen LogP contribution in [0.15, 0.2) is 18.2 Å². The molecule has 0 spiro atoms. The van der Waals surface area contributed by atoms with Crippen LogP contribution >= 0.6 is 0 Å². The molecule has 0 saturated carbocycles. The summed E-state index contributed by atoms with van der Waals surface area (Å²) in [6.45, 7) is 11.4. The second-order valence-corrected chi connectivity index (χ2v) is 5.43. The summed E-state index contributed by atoms with van der Waals surface area (Å²) >= 11 is 0. The van der Waals surface area contributed by atoms with Crippen LogP contribution in [0, 0.1) is 13.8 Å². The first kappa shape index (κ1) is 16.2. The highest BCUT2D eigenvalue weighted by Crippen LogP contribution is 2.11. The van der Waals surface area contributed by atoms with Crippen molar-refractivity contribution in [3.05, 3.63) is 34.9 Å². The van der Waals surface area contributed by atoms with Crippen molar-refractivity contribution in [1.82, 2.24) is 5.32 Å². The molecule has 1 aromatic rings. The Kier molecular flexibility index (Phi) is 7.76. The van der Waals surface area contributed by atoms with Gasteiger partial charge in [0.2, 0.25) is 0 Å². The lowest BCUT2D eigenvalue weighted by Crippen LogP contribution is -2.36. The number of aryl methyl sites for hydroxylation is 2. The first-order valence-corrected chi connectivity index (χ1v) is 7.54. The Bertz CT molecular complexity index is 342. The van der Waals surface area contributed by atoms with Gasteiger partial charge in [0.15, 0.2) is 0 Å². The average Bonchev–Trinajstić information content (AvgIpc) is 2.34. The molecule has 0 aliphatic heterocycles. The van der Waals surface area contributed by atoms with Crippen LogP contribution in [0.5, 0.6) is 0 Å². The van der Waals surface area contributed by atoms with E-state index >= 15 is 0 Å². The summed E-state index contributed by atoms with van der Waals surface area (Å²) in [5, 5.41) is 3.59. The van der Waals surface area contributed by atoms with Gasteiger partial charge in [0.05, 0.1) is 6.61 Å². The third-order valence-electron chi connectivity index (χ3n) is 3.11. The molecule has 0 aromatic heterocycles. The van der Waals surface area contributed by atoms with Crippen LogP contribution in [0.4, 0.5) is 0 Å². The Morgan fingerprint density at radius 1 is 1.05 bits per heavy atom. The van der Waals surface area contributed by atoms with Gasteiger partial charge in [0.25, 0.3) is 0 Å². The van der Waals surface area contributed by atoms with Gasteiger partial charge in [-0.25, -0.2) is 0 Å². The maximum absolute atomic E-state index is 5.71. The Hall–Kier alpha value is -0.860. The standard InChI is InChI=1S/C17H29NO/c1-5-7-18-17(13-19-8-6-2)12-16-10-14(3)9-15(4)11-16/h9-11,17-18H,5-8,12-13H2,1-4H3. The fourth-order valence-corrected chi connectivity index (χ4v) is 2.38. The smallest absolute Gasteiger partial charge is 0.0622 e. The van der Waals surface area contributed by atoms with Crippen molar-refractivity contribution < 1.29 is 4.74 Å². The van der Waals surface area contributed by atoms with E-state index in [1.165, 1.54) is 16.7 Å². The molecular formula is C17H29NO. The van der Waals surface area contributed by atoms with Crippen LogP contribution in [-0.2, 0) is 11.2 Å². The first-order valence-electron chi connectivity index (χ1n) is 7.54. The maximum atomic E-state index is 5.71. The molecule has 0 saturated heterocycles. The molecule has 0 heterocycles. The highest BCUT2D eigenvalue weighted by Gasteiger charge is 2.09. The third-order valence-corrected chi connectivity index (χ3v) is 3.11. The van der Waals surface area contributed by atoms with Crippen LogP contribution in [0.25, 0.3) is 0 Å². The van der Waals surface area contributed by atoms with Gasteiger partial charge in [0, 0.05) is 12.6 Å². The summed E-state index contributed by atoms with van der Waals surface area (Å²) in [7, 11) is 0. The lowest BCUT2D eigenvalue weighted by atomic mass is 10.0. The van der Waals surface area contributed by atoms with E-state index in [-0.39, 0.29) is 0 Å². The van der Waals surface area contributed by atoms with Gasteiger partial charge in [-0.3, -0.25) is 0 Å². The van der Waals surface area contributed by atoms with Gasteiger partial charge < -0.3 is 10.1 Å². The van der Waals surface area contributed by atoms with E-state index in [1.807, 2.05) is 0 Å². The highest BCUT2D eigenvalue weighted by atomic mass is 16.5. The van der Waals surface area contributed by atoms with Gasteiger partial charge in [-0.05, 0) is 45.2 Å². The molecule has 0 radical (unpaired) electrons. The van der Waals surface area contributed by atoms with Crippen molar-refractivity contribution >= 4 is 0 Å². The zero-order chi connectivity index (χ0) is 14.1. The lowest BCUT2D eigenvalue weighted by molar-refractivity contribution is 0.111. The largest absolute Gasteiger partial charge is 0.380 e. The van der Waals surface area contributed by atoms with Gasteiger partial charge in [-0.1, -0.05) is 43.2 Å². The van der Waals surface area contributed by atoms with E-state index in [9.17, 15) is 0 Å². The summed E-state index contributed by atoms with van der Waals surface area (Å²) in [5.74, 6) is 0. The lowest BCUT2D eigenvalue weighted by Gasteiger charge is -2.19. The molecule has 0 bridgehead atoms. The van der Waals surface area contributed by atoms with Crippen molar-refractivity contribution in [2.75, 3.05) is 19.8 Å². The molecule has 1 atom stereocenters. The molecule has 108 valence electrons. The summed E-state index contributed by atoms with van der Waals surface area (Å²) in [6.07, 6.45) is 3.30. The van der Waals surface area contributed by atoms with Crippen LogP contribution in [0.1, 0.15) is 43.4 Å². The van der Waals surface area contributed by atoms with Gasteiger partial charge in [-0.15, -0.1) is 0 Å². The molecule has 1 unspecified atom stereocenters. The molecule has 1 rings (SSSR count). The quantitative estimate of drug-likeness (QED) is 0.687. The zero-order valence-corrected chi connectivity index (χ0v) is 13.0. The van der Waals surface area contributed by atoms with E-state index in [0.717, 1.165) is 39.0 Å². The fraction of sp³-hybridized carbons (Fsp3) is 0.647. The topological polar surface area (TPSA) is 21.3 Å². The van der Waals surface area contributed by atoms with Crippen molar-refractivity contribution in [1.29, 1.82) is 0 Å². The van der Waals surface area contributed by atoms with Crippen molar-refractivity contribution in [2.24, 2.45) is 0 Å². The fourth-order valence-electron chi connectivity index (χ4n) is 2.38. The van der Waals surface area contributed by atoms with Gasteiger partial charge >= 0.3 is 0 Å². The van der Waals surface area contributed by atoms with Crippen LogP contribution in [0.3, 0.4) is 0 Å². The first-order chi connectivity index (χ1) is 9.15. The third kappa shape index (κ3) is 6.74. The normalized spacial score (nSPS) is 12.6. The van der Waals surface area contributed by atoms with E-state index in [2.05, 4.69) is 51.2 Å². The van der Waals surface area contributed by atoms with E-state index in [4.69, 9.17) is 4.74 Å². The molecule has 0 aliphatic rings. The summed E-state index contributed by atoms with van der Waals surface area (Å²) < 4.78 is 5.71. The maximum Gasteiger partial charge on any atom is 0.0622 e. The second kappa shape index (κ2) is 9.11.